The summed E-state index contributed by atoms with van der Waals surface area (Å²) in [5, 5.41) is 6.77. The van der Waals surface area contributed by atoms with Crippen LogP contribution in [0.4, 0.5) is 0 Å². The second-order valence-electron chi connectivity index (χ2n) is 7.67. The Morgan fingerprint density at radius 2 is 1.78 bits per heavy atom. The number of benzene rings is 2. The van der Waals surface area contributed by atoms with Crippen molar-refractivity contribution >= 4 is 40.0 Å². The number of guanidine groups is 1. The second-order valence-corrected chi connectivity index (χ2v) is 9.92. The molecule has 2 N–H and O–H groups in total. The maximum Gasteiger partial charge on any atom is 0.213 e. The average Bonchev–Trinajstić information content (AvgIpc) is 2.79. The zero-order valence-electron chi connectivity index (χ0n) is 18.9. The van der Waals surface area contributed by atoms with E-state index in [0.29, 0.717) is 25.6 Å². The van der Waals surface area contributed by atoms with E-state index in [4.69, 9.17) is 4.74 Å². The van der Waals surface area contributed by atoms with Gasteiger partial charge in [-0.25, -0.2) is 12.7 Å². The van der Waals surface area contributed by atoms with Crippen LogP contribution in [-0.2, 0) is 16.6 Å². The molecule has 176 valence electrons. The first-order valence-corrected chi connectivity index (χ1v) is 12.3. The average molecular weight is 573 g/mol. The molecule has 0 spiro atoms. The van der Waals surface area contributed by atoms with Crippen LogP contribution in [0.15, 0.2) is 53.5 Å². The summed E-state index contributed by atoms with van der Waals surface area (Å²) in [5.41, 5.74) is 2.21. The number of sulfonamides is 1. The summed E-state index contributed by atoms with van der Waals surface area (Å²) in [6.07, 6.45) is 1.51. The maximum absolute atomic E-state index is 12.0. The number of piperidine rings is 1. The molecule has 0 aromatic heterocycles. The molecule has 9 heteroatoms. The van der Waals surface area contributed by atoms with Gasteiger partial charge in [-0.15, -0.1) is 24.0 Å². The molecule has 0 aliphatic carbocycles. The molecule has 0 unspecified atom stereocenters. The van der Waals surface area contributed by atoms with Crippen LogP contribution < -0.4 is 15.4 Å². The number of halogens is 1. The third-order valence-electron chi connectivity index (χ3n) is 5.44. The highest BCUT2D eigenvalue weighted by molar-refractivity contribution is 14.0. The Balaban J connectivity index is 0.00000363. The molecule has 1 fully saturated rings. The van der Waals surface area contributed by atoms with Crippen LogP contribution >= 0.6 is 24.0 Å². The normalized spacial score (nSPS) is 15.7. The molecule has 0 saturated carbocycles. The molecule has 1 heterocycles. The monoisotopic (exact) mass is 572 g/mol. The lowest BCUT2D eigenvalue weighted by molar-refractivity contribution is 0.306. The van der Waals surface area contributed by atoms with Gasteiger partial charge in [0.05, 0.1) is 5.75 Å². The number of para-hydroxylation sites is 1. The summed E-state index contributed by atoms with van der Waals surface area (Å²) >= 11 is 0. The minimum Gasteiger partial charge on any atom is -0.457 e. The van der Waals surface area contributed by atoms with Crippen molar-refractivity contribution in [2.75, 3.05) is 25.9 Å². The van der Waals surface area contributed by atoms with Gasteiger partial charge in [0.15, 0.2) is 5.96 Å². The SMILES string of the molecule is CCS(=O)(=O)N1CCC(NC(=NC)NCc2ccccc2Oc2ccc(C)cc2)CC1.I. The minimum atomic E-state index is -3.11. The molecular formula is C23H33IN4O3S. The highest BCUT2D eigenvalue weighted by Gasteiger charge is 2.27. The van der Waals surface area contributed by atoms with E-state index in [-0.39, 0.29) is 35.8 Å². The molecule has 1 saturated heterocycles. The van der Waals surface area contributed by atoms with Crippen LogP contribution in [0.5, 0.6) is 11.5 Å². The standard InChI is InChI=1S/C23H32N4O3S.HI/c1-4-31(28,29)27-15-13-20(14-16-27)26-23(24-3)25-17-19-7-5-6-8-22(19)30-21-11-9-18(2)10-12-21;/h5-12,20H,4,13-17H2,1-3H3,(H2,24,25,26);1H. The Bertz CT molecular complexity index is 989. The lowest BCUT2D eigenvalue weighted by atomic mass is 10.1. The van der Waals surface area contributed by atoms with Gasteiger partial charge < -0.3 is 15.4 Å². The molecule has 0 atom stereocenters. The van der Waals surface area contributed by atoms with Gasteiger partial charge in [0.25, 0.3) is 0 Å². The van der Waals surface area contributed by atoms with Crippen molar-refractivity contribution in [2.45, 2.75) is 39.3 Å². The number of rotatable bonds is 7. The first-order chi connectivity index (χ1) is 14.9. The number of ether oxygens (including phenoxy) is 1. The Hall–Kier alpha value is -1.85. The maximum atomic E-state index is 12.0. The quantitative estimate of drug-likeness (QED) is 0.299. The summed E-state index contributed by atoms with van der Waals surface area (Å²) in [6.45, 7) is 5.37. The topological polar surface area (TPSA) is 83.0 Å². The van der Waals surface area contributed by atoms with E-state index in [0.717, 1.165) is 29.9 Å². The van der Waals surface area contributed by atoms with E-state index in [1.165, 1.54) is 5.56 Å². The second kappa shape index (κ2) is 12.4. The fourth-order valence-electron chi connectivity index (χ4n) is 3.51. The van der Waals surface area contributed by atoms with E-state index in [1.807, 2.05) is 55.5 Å². The Morgan fingerprint density at radius 1 is 1.12 bits per heavy atom. The van der Waals surface area contributed by atoms with Crippen LogP contribution in [0.3, 0.4) is 0 Å². The number of hydrogen-bond acceptors (Lipinski definition) is 4. The summed E-state index contributed by atoms with van der Waals surface area (Å²) in [5.74, 6) is 2.45. The van der Waals surface area contributed by atoms with E-state index in [9.17, 15) is 8.42 Å². The summed E-state index contributed by atoms with van der Waals surface area (Å²) in [7, 11) is -1.38. The molecule has 2 aromatic carbocycles. The lowest BCUT2D eigenvalue weighted by Crippen LogP contribution is -2.49. The van der Waals surface area contributed by atoms with Gasteiger partial charge in [-0.3, -0.25) is 4.99 Å². The van der Waals surface area contributed by atoms with Crippen molar-refractivity contribution in [1.29, 1.82) is 0 Å². The Labute approximate surface area is 208 Å². The van der Waals surface area contributed by atoms with Gasteiger partial charge >= 0.3 is 0 Å². The molecule has 1 aliphatic rings. The Morgan fingerprint density at radius 3 is 2.41 bits per heavy atom. The number of hydrogen-bond donors (Lipinski definition) is 2. The smallest absolute Gasteiger partial charge is 0.213 e. The van der Waals surface area contributed by atoms with Gasteiger partial charge in [-0.1, -0.05) is 35.9 Å². The number of nitrogens with zero attached hydrogens (tertiary/aromatic N) is 2. The lowest BCUT2D eigenvalue weighted by Gasteiger charge is -2.32. The zero-order chi connectivity index (χ0) is 22.3. The minimum absolute atomic E-state index is 0. The van der Waals surface area contributed by atoms with Crippen molar-refractivity contribution in [3.8, 4) is 11.5 Å². The fraction of sp³-hybridized carbons (Fsp3) is 0.435. The van der Waals surface area contributed by atoms with Crippen LogP contribution in [-0.4, -0.2) is 50.6 Å². The third-order valence-corrected chi connectivity index (χ3v) is 7.33. The summed E-state index contributed by atoms with van der Waals surface area (Å²) in [4.78, 5) is 4.33. The molecule has 1 aliphatic heterocycles. The van der Waals surface area contributed by atoms with Crippen LogP contribution in [0.1, 0.15) is 30.9 Å². The van der Waals surface area contributed by atoms with E-state index >= 15 is 0 Å². The molecule has 0 radical (unpaired) electrons. The van der Waals surface area contributed by atoms with Gasteiger partial charge in [0, 0.05) is 38.3 Å². The molecule has 0 amide bonds. The number of nitrogens with one attached hydrogen (secondary N) is 2. The highest BCUT2D eigenvalue weighted by atomic mass is 127. The number of aryl methyl sites for hydroxylation is 1. The predicted octanol–water partition coefficient (Wildman–Crippen LogP) is 3.88. The third kappa shape index (κ3) is 7.35. The van der Waals surface area contributed by atoms with E-state index in [2.05, 4.69) is 15.6 Å². The summed E-state index contributed by atoms with van der Waals surface area (Å²) < 4.78 is 31.7. The van der Waals surface area contributed by atoms with Crippen molar-refractivity contribution in [3.05, 3.63) is 59.7 Å². The molecule has 7 nitrogen and oxygen atoms in total. The van der Waals surface area contributed by atoms with Crippen molar-refractivity contribution in [3.63, 3.8) is 0 Å². The first-order valence-electron chi connectivity index (χ1n) is 10.7. The van der Waals surface area contributed by atoms with Gasteiger partial charge in [-0.2, -0.15) is 0 Å². The van der Waals surface area contributed by atoms with Gasteiger partial charge in [-0.05, 0) is 44.9 Å². The van der Waals surface area contributed by atoms with E-state index in [1.54, 1.807) is 18.3 Å². The molecular weight excluding hydrogens is 539 g/mol. The first kappa shape index (κ1) is 26.4. The van der Waals surface area contributed by atoms with Gasteiger partial charge in [0.1, 0.15) is 11.5 Å². The highest BCUT2D eigenvalue weighted by Crippen LogP contribution is 2.25. The summed E-state index contributed by atoms with van der Waals surface area (Å²) in [6, 6.07) is 16.1. The largest absolute Gasteiger partial charge is 0.457 e. The Kier molecular flexibility index (Phi) is 10.2. The van der Waals surface area contributed by atoms with Crippen molar-refractivity contribution in [2.24, 2.45) is 4.99 Å². The predicted molar refractivity (Wildman–Crippen MR) is 141 cm³/mol. The van der Waals surface area contributed by atoms with Crippen molar-refractivity contribution in [1.82, 2.24) is 14.9 Å². The van der Waals surface area contributed by atoms with E-state index < -0.39 is 10.0 Å². The zero-order valence-corrected chi connectivity index (χ0v) is 22.0. The van der Waals surface area contributed by atoms with Gasteiger partial charge in [0.2, 0.25) is 10.0 Å². The van der Waals surface area contributed by atoms with Crippen LogP contribution in [0, 0.1) is 6.92 Å². The molecule has 32 heavy (non-hydrogen) atoms. The van der Waals surface area contributed by atoms with Crippen molar-refractivity contribution < 1.29 is 13.2 Å². The molecule has 2 aromatic rings. The van der Waals surface area contributed by atoms with Crippen LogP contribution in [0.2, 0.25) is 0 Å². The fourth-order valence-corrected chi connectivity index (χ4v) is 4.64. The van der Waals surface area contributed by atoms with Crippen LogP contribution in [0.25, 0.3) is 0 Å². The molecule has 3 rings (SSSR count). The molecule has 0 bridgehead atoms. The number of aliphatic imine (C=N–C) groups is 1.